The Bertz CT molecular complexity index is 569. The summed E-state index contributed by atoms with van der Waals surface area (Å²) in [4.78, 5) is 16.4. The first-order valence-electron chi connectivity index (χ1n) is 7.45. The normalized spacial score (nSPS) is 10.5. The summed E-state index contributed by atoms with van der Waals surface area (Å²) in [6, 6.07) is 19.5. The van der Waals surface area contributed by atoms with Crippen molar-refractivity contribution in [3.05, 3.63) is 66.2 Å². The molecule has 1 N–H and O–H groups in total. The Hall–Kier alpha value is -2.33. The molecule has 2 aromatic carbocycles. The van der Waals surface area contributed by atoms with Crippen LogP contribution < -0.4 is 5.32 Å². The molecule has 2 amide bonds. The molecule has 0 radical (unpaired) electrons. The highest BCUT2D eigenvalue weighted by Gasteiger charge is 2.14. The molecule has 0 saturated heterocycles. The van der Waals surface area contributed by atoms with Crippen molar-refractivity contribution in [2.24, 2.45) is 0 Å². The molecule has 0 aliphatic rings. The van der Waals surface area contributed by atoms with Gasteiger partial charge in [-0.25, -0.2) is 4.79 Å². The zero-order chi connectivity index (χ0) is 15.8. The number of amides is 2. The maximum Gasteiger partial charge on any atom is 0.322 e. The first kappa shape index (κ1) is 16.0. The van der Waals surface area contributed by atoms with Crippen LogP contribution >= 0.6 is 0 Å². The summed E-state index contributed by atoms with van der Waals surface area (Å²) < 4.78 is 0. The monoisotopic (exact) mass is 297 g/mol. The lowest BCUT2D eigenvalue weighted by Gasteiger charge is -2.25. The van der Waals surface area contributed by atoms with E-state index < -0.39 is 0 Å². The Balaban J connectivity index is 2.04. The molecule has 0 heterocycles. The van der Waals surface area contributed by atoms with Crippen LogP contribution in [0.3, 0.4) is 0 Å². The molecular formula is C18H23N3O. The number of carbonyl (C=O) groups is 1. The molecule has 0 spiro atoms. The van der Waals surface area contributed by atoms with Gasteiger partial charge in [0.15, 0.2) is 0 Å². The van der Waals surface area contributed by atoms with Crippen LogP contribution in [0.1, 0.15) is 5.56 Å². The average Bonchev–Trinajstić information content (AvgIpc) is 2.53. The minimum atomic E-state index is -0.0723. The van der Waals surface area contributed by atoms with E-state index in [0.29, 0.717) is 13.1 Å². The van der Waals surface area contributed by atoms with E-state index in [1.54, 1.807) is 0 Å². The fraction of sp³-hybridized carbons (Fsp3) is 0.278. The highest BCUT2D eigenvalue weighted by Crippen LogP contribution is 2.10. The average molecular weight is 297 g/mol. The number of anilines is 1. The van der Waals surface area contributed by atoms with Gasteiger partial charge in [0.1, 0.15) is 0 Å². The van der Waals surface area contributed by atoms with Crippen LogP contribution in [0.15, 0.2) is 60.7 Å². The molecule has 0 aromatic heterocycles. The molecular weight excluding hydrogens is 274 g/mol. The molecule has 2 rings (SSSR count). The van der Waals surface area contributed by atoms with Crippen LogP contribution in [0, 0.1) is 0 Å². The second-order valence-corrected chi connectivity index (χ2v) is 5.51. The molecule has 0 atom stereocenters. The van der Waals surface area contributed by atoms with Crippen molar-refractivity contribution in [1.29, 1.82) is 0 Å². The third-order valence-electron chi connectivity index (χ3n) is 3.35. The lowest BCUT2D eigenvalue weighted by Crippen LogP contribution is -2.38. The Morgan fingerprint density at radius 3 is 2.09 bits per heavy atom. The van der Waals surface area contributed by atoms with Crippen LogP contribution in [-0.2, 0) is 6.54 Å². The molecule has 0 unspecified atom stereocenters. The maximum atomic E-state index is 12.5. The van der Waals surface area contributed by atoms with E-state index in [1.165, 1.54) is 0 Å². The predicted molar refractivity (Wildman–Crippen MR) is 90.9 cm³/mol. The number of nitrogens with one attached hydrogen (secondary N) is 1. The van der Waals surface area contributed by atoms with Crippen LogP contribution in [0.5, 0.6) is 0 Å². The van der Waals surface area contributed by atoms with Gasteiger partial charge in [-0.2, -0.15) is 0 Å². The fourth-order valence-corrected chi connectivity index (χ4v) is 2.10. The van der Waals surface area contributed by atoms with Gasteiger partial charge in [0.2, 0.25) is 0 Å². The van der Waals surface area contributed by atoms with Crippen molar-refractivity contribution in [3.8, 4) is 0 Å². The second-order valence-electron chi connectivity index (χ2n) is 5.51. The van der Waals surface area contributed by atoms with Crippen molar-refractivity contribution in [3.63, 3.8) is 0 Å². The highest BCUT2D eigenvalue weighted by atomic mass is 16.2. The first-order chi connectivity index (χ1) is 10.6. The first-order valence-corrected chi connectivity index (χ1v) is 7.45. The molecule has 0 aliphatic carbocycles. The molecule has 116 valence electrons. The smallest absolute Gasteiger partial charge is 0.319 e. The number of benzene rings is 2. The van der Waals surface area contributed by atoms with E-state index in [0.717, 1.165) is 17.8 Å². The number of likely N-dealkylation sites (N-methyl/N-ethyl adjacent to an activating group) is 1. The van der Waals surface area contributed by atoms with E-state index in [1.807, 2.05) is 79.7 Å². The third-order valence-corrected chi connectivity index (χ3v) is 3.35. The highest BCUT2D eigenvalue weighted by molar-refractivity contribution is 5.89. The van der Waals surface area contributed by atoms with Gasteiger partial charge in [-0.3, -0.25) is 0 Å². The van der Waals surface area contributed by atoms with Crippen LogP contribution in [0.25, 0.3) is 0 Å². The van der Waals surface area contributed by atoms with E-state index in [2.05, 4.69) is 10.2 Å². The predicted octanol–water partition coefficient (Wildman–Crippen LogP) is 3.28. The van der Waals surface area contributed by atoms with Crippen molar-refractivity contribution in [2.45, 2.75) is 6.54 Å². The number of hydrogen-bond donors (Lipinski definition) is 1. The second kappa shape index (κ2) is 8.20. The topological polar surface area (TPSA) is 35.6 Å². The Labute approximate surface area is 132 Å². The van der Waals surface area contributed by atoms with E-state index >= 15 is 0 Å². The number of para-hydroxylation sites is 1. The number of rotatable bonds is 6. The maximum absolute atomic E-state index is 12.5. The molecule has 4 nitrogen and oxygen atoms in total. The molecule has 2 aromatic rings. The van der Waals surface area contributed by atoms with Gasteiger partial charge in [0, 0.05) is 25.3 Å². The largest absolute Gasteiger partial charge is 0.322 e. The summed E-state index contributed by atoms with van der Waals surface area (Å²) in [6.45, 7) is 2.11. The number of nitrogens with zero attached hydrogens (tertiary/aromatic N) is 2. The van der Waals surface area contributed by atoms with Crippen molar-refractivity contribution in [1.82, 2.24) is 9.80 Å². The van der Waals surface area contributed by atoms with E-state index in [9.17, 15) is 4.79 Å². The molecule has 4 heteroatoms. The standard InChI is InChI=1S/C18H23N3O/c1-20(2)13-14-21(15-16-9-5-3-6-10-16)18(22)19-17-11-7-4-8-12-17/h3-12H,13-15H2,1-2H3,(H,19,22). The van der Waals surface area contributed by atoms with E-state index in [-0.39, 0.29) is 6.03 Å². The number of urea groups is 1. The number of hydrogen-bond acceptors (Lipinski definition) is 2. The quantitative estimate of drug-likeness (QED) is 0.888. The molecule has 22 heavy (non-hydrogen) atoms. The van der Waals surface area contributed by atoms with Crippen molar-refractivity contribution < 1.29 is 4.79 Å². The molecule has 0 aliphatic heterocycles. The van der Waals surface area contributed by atoms with Gasteiger partial charge in [0.25, 0.3) is 0 Å². The summed E-state index contributed by atoms with van der Waals surface area (Å²) in [5, 5.41) is 2.95. The summed E-state index contributed by atoms with van der Waals surface area (Å²) in [6.07, 6.45) is 0. The van der Waals surface area contributed by atoms with Gasteiger partial charge in [-0.05, 0) is 31.8 Å². The molecule has 0 fully saturated rings. The van der Waals surface area contributed by atoms with Gasteiger partial charge in [-0.1, -0.05) is 48.5 Å². The Kier molecular flexibility index (Phi) is 5.98. The third kappa shape index (κ3) is 5.22. The van der Waals surface area contributed by atoms with Gasteiger partial charge in [-0.15, -0.1) is 0 Å². The summed E-state index contributed by atoms with van der Waals surface area (Å²) in [5.41, 5.74) is 1.94. The summed E-state index contributed by atoms with van der Waals surface area (Å²) in [7, 11) is 4.02. The fourth-order valence-electron chi connectivity index (χ4n) is 2.10. The van der Waals surface area contributed by atoms with Crippen LogP contribution in [0.2, 0.25) is 0 Å². The minimum Gasteiger partial charge on any atom is -0.319 e. The molecule has 0 saturated carbocycles. The van der Waals surface area contributed by atoms with Crippen molar-refractivity contribution >= 4 is 11.7 Å². The minimum absolute atomic E-state index is 0.0723. The summed E-state index contributed by atoms with van der Waals surface area (Å²) >= 11 is 0. The number of carbonyl (C=O) groups excluding carboxylic acids is 1. The lowest BCUT2D eigenvalue weighted by molar-refractivity contribution is 0.202. The van der Waals surface area contributed by atoms with Gasteiger partial charge >= 0.3 is 6.03 Å². The van der Waals surface area contributed by atoms with E-state index in [4.69, 9.17) is 0 Å². The van der Waals surface area contributed by atoms with Crippen LogP contribution in [0.4, 0.5) is 10.5 Å². The lowest BCUT2D eigenvalue weighted by atomic mass is 10.2. The summed E-state index contributed by atoms with van der Waals surface area (Å²) in [5.74, 6) is 0. The Morgan fingerprint density at radius 1 is 0.909 bits per heavy atom. The van der Waals surface area contributed by atoms with Crippen molar-refractivity contribution in [2.75, 3.05) is 32.5 Å². The molecule has 0 bridgehead atoms. The SMILES string of the molecule is CN(C)CCN(Cc1ccccc1)C(=O)Nc1ccccc1. The Morgan fingerprint density at radius 2 is 1.50 bits per heavy atom. The van der Waals surface area contributed by atoms with Gasteiger partial charge in [0.05, 0.1) is 0 Å². The zero-order valence-electron chi connectivity index (χ0n) is 13.2. The van der Waals surface area contributed by atoms with Crippen LogP contribution in [-0.4, -0.2) is 43.0 Å². The zero-order valence-corrected chi connectivity index (χ0v) is 13.2. The van der Waals surface area contributed by atoms with Gasteiger partial charge < -0.3 is 15.1 Å².